The van der Waals surface area contributed by atoms with E-state index in [4.69, 9.17) is 9.47 Å². The van der Waals surface area contributed by atoms with Crippen LogP contribution in [0.1, 0.15) is 25.3 Å². The van der Waals surface area contributed by atoms with Gasteiger partial charge in [-0.3, -0.25) is 9.59 Å². The van der Waals surface area contributed by atoms with Gasteiger partial charge in [0.1, 0.15) is 5.75 Å². The van der Waals surface area contributed by atoms with E-state index in [-0.39, 0.29) is 30.3 Å². The number of benzene rings is 2. The molecule has 2 aromatic rings. The normalized spacial score (nSPS) is 14.1. The van der Waals surface area contributed by atoms with Crippen LogP contribution in [0.5, 0.6) is 11.5 Å². The second-order valence-electron chi connectivity index (χ2n) is 6.50. The summed E-state index contributed by atoms with van der Waals surface area (Å²) in [6, 6.07) is 12.8. The van der Waals surface area contributed by atoms with Crippen LogP contribution in [0.4, 0.5) is 11.4 Å². The average Bonchev–Trinajstić information content (AvgIpc) is 2.62. The molecule has 0 aliphatic carbocycles. The van der Waals surface area contributed by atoms with E-state index in [1.165, 1.54) is 0 Å². The number of carbonyl (C=O) groups excluding carboxylic acids is 2. The minimum atomic E-state index is -0.324. The van der Waals surface area contributed by atoms with Crippen molar-refractivity contribution in [3.63, 3.8) is 0 Å². The van der Waals surface area contributed by atoms with Crippen molar-refractivity contribution in [3.05, 3.63) is 48.0 Å². The number of methoxy groups -OCH3 is 1. The highest BCUT2D eigenvalue weighted by atomic mass is 16.5. The highest BCUT2D eigenvalue weighted by Gasteiger charge is 2.26. The Morgan fingerprint density at radius 2 is 1.92 bits per heavy atom. The molecule has 1 unspecified atom stereocenters. The van der Waals surface area contributed by atoms with Crippen LogP contribution in [0.15, 0.2) is 42.5 Å². The second kappa shape index (κ2) is 7.47. The molecular formula is C20H22N2O4. The Morgan fingerprint density at radius 3 is 2.58 bits per heavy atom. The molecule has 136 valence electrons. The van der Waals surface area contributed by atoms with Gasteiger partial charge in [-0.15, -0.1) is 0 Å². The summed E-state index contributed by atoms with van der Waals surface area (Å²) in [4.78, 5) is 24.4. The Kier molecular flexibility index (Phi) is 5.11. The Bertz CT molecular complexity index is 815. The van der Waals surface area contributed by atoms with Crippen molar-refractivity contribution in [2.24, 2.45) is 5.92 Å². The summed E-state index contributed by atoms with van der Waals surface area (Å²) in [6.45, 7) is 3.95. The molecule has 0 saturated carbocycles. The third-order valence-electron chi connectivity index (χ3n) is 4.32. The van der Waals surface area contributed by atoms with Crippen molar-refractivity contribution in [3.8, 4) is 11.5 Å². The number of amides is 2. The van der Waals surface area contributed by atoms with E-state index in [0.29, 0.717) is 17.1 Å². The first-order valence-corrected chi connectivity index (χ1v) is 8.50. The van der Waals surface area contributed by atoms with Gasteiger partial charge in [-0.1, -0.05) is 32.0 Å². The third-order valence-corrected chi connectivity index (χ3v) is 4.32. The topological polar surface area (TPSA) is 76.7 Å². The quantitative estimate of drug-likeness (QED) is 0.863. The predicted molar refractivity (Wildman–Crippen MR) is 99.8 cm³/mol. The molecule has 1 aliphatic rings. The molecule has 2 N–H and O–H groups in total. The highest BCUT2D eigenvalue weighted by Crippen LogP contribution is 2.36. The summed E-state index contributed by atoms with van der Waals surface area (Å²) in [7, 11) is 1.61. The van der Waals surface area contributed by atoms with Gasteiger partial charge in [0.15, 0.2) is 12.4 Å². The van der Waals surface area contributed by atoms with Crippen LogP contribution >= 0.6 is 0 Å². The number of anilines is 2. The molecule has 0 radical (unpaired) electrons. The summed E-state index contributed by atoms with van der Waals surface area (Å²) in [5, 5.41) is 5.69. The van der Waals surface area contributed by atoms with Gasteiger partial charge in [0.2, 0.25) is 5.91 Å². The first-order valence-electron chi connectivity index (χ1n) is 8.50. The van der Waals surface area contributed by atoms with Crippen molar-refractivity contribution in [1.29, 1.82) is 0 Å². The molecule has 2 aromatic carbocycles. The maximum atomic E-state index is 13.0. The molecule has 0 aromatic heterocycles. The molecule has 1 heterocycles. The molecule has 2 amide bonds. The predicted octanol–water partition coefficient (Wildman–Crippen LogP) is 3.40. The zero-order valence-corrected chi connectivity index (χ0v) is 15.0. The zero-order chi connectivity index (χ0) is 18.7. The van der Waals surface area contributed by atoms with Crippen molar-refractivity contribution < 1.29 is 19.1 Å². The Hall–Kier alpha value is -3.02. The van der Waals surface area contributed by atoms with Crippen LogP contribution in [0, 0.1) is 5.92 Å². The van der Waals surface area contributed by atoms with Gasteiger partial charge in [0.05, 0.1) is 24.4 Å². The molecule has 0 fully saturated rings. The van der Waals surface area contributed by atoms with Crippen LogP contribution < -0.4 is 20.1 Å². The SMILES string of the molecule is COc1ccc(C(C(=O)Nc2cccc3c2OCC(=O)N3)C(C)C)cc1. The lowest BCUT2D eigenvalue weighted by atomic mass is 9.87. The molecule has 0 saturated heterocycles. The lowest BCUT2D eigenvalue weighted by Crippen LogP contribution is -2.28. The molecule has 0 spiro atoms. The Labute approximate surface area is 152 Å². The third kappa shape index (κ3) is 3.64. The summed E-state index contributed by atoms with van der Waals surface area (Å²) in [5.41, 5.74) is 2.02. The van der Waals surface area contributed by atoms with E-state index in [9.17, 15) is 9.59 Å². The minimum absolute atomic E-state index is 0.0635. The molecule has 1 aliphatic heterocycles. The fraction of sp³-hybridized carbons (Fsp3) is 0.300. The maximum Gasteiger partial charge on any atom is 0.262 e. The monoisotopic (exact) mass is 354 g/mol. The minimum Gasteiger partial charge on any atom is -0.497 e. The van der Waals surface area contributed by atoms with Gasteiger partial charge >= 0.3 is 0 Å². The second-order valence-corrected chi connectivity index (χ2v) is 6.50. The van der Waals surface area contributed by atoms with Gasteiger partial charge in [0.25, 0.3) is 5.91 Å². The maximum absolute atomic E-state index is 13.0. The van der Waals surface area contributed by atoms with Gasteiger partial charge in [-0.25, -0.2) is 0 Å². The smallest absolute Gasteiger partial charge is 0.262 e. The molecule has 6 heteroatoms. The molecular weight excluding hydrogens is 332 g/mol. The summed E-state index contributed by atoms with van der Waals surface area (Å²) >= 11 is 0. The van der Waals surface area contributed by atoms with Crippen LogP contribution in [0.3, 0.4) is 0 Å². The number of ether oxygens (including phenoxy) is 2. The summed E-state index contributed by atoms with van der Waals surface area (Å²) in [6.07, 6.45) is 0. The van der Waals surface area contributed by atoms with E-state index >= 15 is 0 Å². The van der Waals surface area contributed by atoms with Gasteiger partial charge < -0.3 is 20.1 Å². The largest absolute Gasteiger partial charge is 0.497 e. The number of nitrogens with one attached hydrogen (secondary N) is 2. The van der Waals surface area contributed by atoms with Gasteiger partial charge in [-0.05, 0) is 35.7 Å². The standard InChI is InChI=1S/C20H22N2O4/c1-12(2)18(13-7-9-14(25-3)10-8-13)20(24)22-16-6-4-5-15-19(16)26-11-17(23)21-15/h4-10,12,18H,11H2,1-3H3,(H,21,23)(H,22,24). The van der Waals surface area contributed by atoms with Crippen LogP contribution in [0.2, 0.25) is 0 Å². The van der Waals surface area contributed by atoms with Crippen molar-refractivity contribution >= 4 is 23.2 Å². The van der Waals surface area contributed by atoms with E-state index in [0.717, 1.165) is 11.3 Å². The summed E-state index contributed by atoms with van der Waals surface area (Å²) in [5.74, 6) is 0.674. The molecule has 6 nitrogen and oxygen atoms in total. The molecule has 1 atom stereocenters. The number of hydrogen-bond donors (Lipinski definition) is 2. The van der Waals surface area contributed by atoms with Crippen LogP contribution in [0.25, 0.3) is 0 Å². The number of hydrogen-bond acceptors (Lipinski definition) is 4. The van der Waals surface area contributed by atoms with Crippen molar-refractivity contribution in [1.82, 2.24) is 0 Å². The van der Waals surface area contributed by atoms with E-state index in [1.54, 1.807) is 25.3 Å². The summed E-state index contributed by atoms with van der Waals surface area (Å²) < 4.78 is 10.7. The number of carbonyl (C=O) groups is 2. The first kappa shape index (κ1) is 17.8. The fourth-order valence-electron chi connectivity index (χ4n) is 3.07. The lowest BCUT2D eigenvalue weighted by Gasteiger charge is -2.24. The fourth-order valence-corrected chi connectivity index (χ4v) is 3.07. The van der Waals surface area contributed by atoms with E-state index in [1.807, 2.05) is 38.1 Å². The van der Waals surface area contributed by atoms with Gasteiger partial charge in [0, 0.05) is 0 Å². The van der Waals surface area contributed by atoms with Crippen molar-refractivity contribution in [2.45, 2.75) is 19.8 Å². The van der Waals surface area contributed by atoms with E-state index in [2.05, 4.69) is 10.6 Å². The first-order chi connectivity index (χ1) is 12.5. The molecule has 26 heavy (non-hydrogen) atoms. The van der Waals surface area contributed by atoms with Crippen LogP contribution in [-0.4, -0.2) is 25.5 Å². The average molecular weight is 354 g/mol. The molecule has 0 bridgehead atoms. The Balaban J connectivity index is 1.85. The highest BCUT2D eigenvalue weighted by molar-refractivity contribution is 6.01. The van der Waals surface area contributed by atoms with E-state index < -0.39 is 0 Å². The number of fused-ring (bicyclic) bond motifs is 1. The molecule has 3 rings (SSSR count). The van der Waals surface area contributed by atoms with Crippen molar-refractivity contribution in [2.75, 3.05) is 24.4 Å². The van der Waals surface area contributed by atoms with Gasteiger partial charge in [-0.2, -0.15) is 0 Å². The lowest BCUT2D eigenvalue weighted by molar-refractivity contribution is -0.119. The number of rotatable bonds is 5. The van der Waals surface area contributed by atoms with Crippen LogP contribution in [-0.2, 0) is 9.59 Å². The Morgan fingerprint density at radius 1 is 1.19 bits per heavy atom. The zero-order valence-electron chi connectivity index (χ0n) is 15.0. The number of para-hydroxylation sites is 1.